The number of hydrogen-bond donors (Lipinski definition) is 0. The third-order valence-corrected chi connectivity index (χ3v) is 15.3. The molecule has 0 amide bonds. The van der Waals surface area contributed by atoms with E-state index in [4.69, 9.17) is 0 Å². The second kappa shape index (κ2) is 14.2. The summed E-state index contributed by atoms with van der Waals surface area (Å²) in [6, 6.07) is 69.0. The smallest absolute Gasteiger partial charge is 0.0561 e. The van der Waals surface area contributed by atoms with E-state index in [9.17, 15) is 0 Å². The number of hydrogen-bond acceptors (Lipinski definition) is 0. The molecule has 0 unspecified atom stereocenters. The van der Waals surface area contributed by atoms with Crippen LogP contribution in [0.25, 0.3) is 107 Å². The van der Waals surface area contributed by atoms with Gasteiger partial charge in [-0.3, -0.25) is 0 Å². The van der Waals surface area contributed by atoms with Crippen molar-refractivity contribution in [2.24, 2.45) is 0 Å². The molecule has 10 aromatic carbocycles. The normalized spacial score (nSPS) is 12.4. The van der Waals surface area contributed by atoms with Gasteiger partial charge < -0.3 is 0 Å². The molecule has 1 heteroatoms. The summed E-state index contributed by atoms with van der Waals surface area (Å²) in [5.41, 5.74) is 13.2. The summed E-state index contributed by atoms with van der Waals surface area (Å²) in [4.78, 5) is 0. The van der Waals surface area contributed by atoms with E-state index in [0.29, 0.717) is 0 Å². The molecule has 294 valence electrons. The van der Waals surface area contributed by atoms with E-state index in [2.05, 4.69) is 224 Å². The number of benzene rings is 10. The summed E-state index contributed by atoms with van der Waals surface area (Å²) in [6.07, 6.45) is 0. The predicted octanol–water partition coefficient (Wildman–Crippen LogP) is 16.9. The van der Waals surface area contributed by atoms with E-state index in [1.807, 2.05) is 0 Å². The van der Waals surface area contributed by atoms with Gasteiger partial charge in [0.1, 0.15) is 0 Å². The van der Waals surface area contributed by atoms with Gasteiger partial charge in [0.25, 0.3) is 0 Å². The Bertz CT molecular complexity index is 3390. The van der Waals surface area contributed by atoms with E-state index in [0.717, 1.165) is 0 Å². The zero-order valence-electron chi connectivity index (χ0n) is 35.7. The minimum Gasteiger partial charge on any atom is -0.0561 e. The van der Waals surface area contributed by atoms with Crippen LogP contribution in [0, 0.1) is 0 Å². The fraction of sp³-hybridized carbons (Fsp3) is 0.133. The fourth-order valence-electron chi connectivity index (χ4n) is 9.83. The first kappa shape index (κ1) is 37.7. The van der Waals surface area contributed by atoms with Crippen LogP contribution in [0.1, 0.15) is 52.7 Å². The van der Waals surface area contributed by atoms with E-state index in [1.54, 1.807) is 0 Å². The Morgan fingerprint density at radius 2 is 0.639 bits per heavy atom. The van der Waals surface area contributed by atoms with Gasteiger partial charge in [0, 0.05) is 0 Å². The van der Waals surface area contributed by atoms with Crippen molar-refractivity contribution < 1.29 is 0 Å². The SMILES string of the molecule is CC(C)(C)c1cc(-c2c3ccccc3c(-c3ccc4[se]c5cc(-c6c7ccccc7c(-c7ccccc7)c7ccccc67)ccc5c4c3)c3ccccc23)cc(C(C)(C)C)c1. The van der Waals surface area contributed by atoms with Gasteiger partial charge in [0.15, 0.2) is 0 Å². The quantitative estimate of drug-likeness (QED) is 0.122. The Hall–Kier alpha value is -6.24. The molecule has 1 aromatic heterocycles. The van der Waals surface area contributed by atoms with Gasteiger partial charge >= 0.3 is 325 Å². The molecule has 0 aliphatic rings. The van der Waals surface area contributed by atoms with Crippen LogP contribution in [0.4, 0.5) is 0 Å². The summed E-state index contributed by atoms with van der Waals surface area (Å²) in [7, 11) is 0. The van der Waals surface area contributed by atoms with Gasteiger partial charge in [-0.05, 0) is 0 Å². The Morgan fingerprint density at radius 1 is 0.262 bits per heavy atom. The average Bonchev–Trinajstić information content (AvgIpc) is 3.64. The third kappa shape index (κ3) is 6.25. The van der Waals surface area contributed by atoms with E-state index < -0.39 is 0 Å². The summed E-state index contributed by atoms with van der Waals surface area (Å²) in [5.74, 6) is 0. The average molecular weight is 848 g/mol. The van der Waals surface area contributed by atoms with Crippen molar-refractivity contribution in [2.45, 2.75) is 52.4 Å². The minimum absolute atomic E-state index is 0.0269. The van der Waals surface area contributed by atoms with Crippen molar-refractivity contribution in [1.82, 2.24) is 0 Å². The molecule has 0 spiro atoms. The molecule has 61 heavy (non-hydrogen) atoms. The van der Waals surface area contributed by atoms with E-state index >= 15 is 0 Å². The molecular formula is C60H48Se. The maximum absolute atomic E-state index is 2.50. The van der Waals surface area contributed by atoms with Gasteiger partial charge in [0.2, 0.25) is 0 Å². The number of rotatable bonds is 4. The molecule has 0 aliphatic heterocycles. The van der Waals surface area contributed by atoms with Gasteiger partial charge in [-0.15, -0.1) is 0 Å². The molecule has 11 rings (SSSR count). The fourth-order valence-corrected chi connectivity index (χ4v) is 12.2. The van der Waals surface area contributed by atoms with Crippen LogP contribution in [0.5, 0.6) is 0 Å². The molecular weight excluding hydrogens is 800 g/mol. The van der Waals surface area contributed by atoms with Gasteiger partial charge in [-0.1, -0.05) is 41.5 Å². The van der Waals surface area contributed by atoms with Crippen molar-refractivity contribution in [2.75, 3.05) is 0 Å². The molecule has 0 N–H and O–H groups in total. The summed E-state index contributed by atoms with van der Waals surface area (Å²) in [6.45, 7) is 14.0. The van der Waals surface area contributed by atoms with Crippen LogP contribution < -0.4 is 0 Å². The molecule has 0 saturated carbocycles. The Morgan fingerprint density at radius 3 is 1.08 bits per heavy atom. The molecule has 0 fully saturated rings. The van der Waals surface area contributed by atoms with Crippen LogP contribution >= 0.6 is 0 Å². The summed E-state index contributed by atoms with van der Waals surface area (Å²) < 4.78 is 2.91. The molecule has 0 saturated heterocycles. The standard InChI is InChI=1S/C60H48Se/c1-59(2,3)41-32-40(33-42(36-41)60(4,5)6)58-50-26-16-14-24-48(50)56(49-25-15-17-27-51(49)58)38-29-31-53-52(34-38)43-30-28-39(35-54(43)61-53)57-46-22-12-10-20-44(46)55(37-18-8-7-9-19-37)45-21-11-13-23-47(45)57/h7-36H,1-6H3. The van der Waals surface area contributed by atoms with Crippen LogP contribution in [0.3, 0.4) is 0 Å². The van der Waals surface area contributed by atoms with Gasteiger partial charge in [-0.25, -0.2) is 0 Å². The monoisotopic (exact) mass is 848 g/mol. The van der Waals surface area contributed by atoms with Crippen molar-refractivity contribution in [3.63, 3.8) is 0 Å². The zero-order valence-corrected chi connectivity index (χ0v) is 37.4. The van der Waals surface area contributed by atoms with E-state index in [-0.39, 0.29) is 25.3 Å². The Balaban J connectivity index is 1.11. The van der Waals surface area contributed by atoms with Crippen LogP contribution in [0.15, 0.2) is 182 Å². The predicted molar refractivity (Wildman–Crippen MR) is 268 cm³/mol. The minimum atomic E-state index is 0.0269. The second-order valence-corrected chi connectivity index (χ2v) is 21.1. The Kier molecular flexibility index (Phi) is 8.77. The van der Waals surface area contributed by atoms with Crippen LogP contribution in [-0.2, 0) is 10.8 Å². The van der Waals surface area contributed by atoms with Crippen molar-refractivity contribution in [1.29, 1.82) is 0 Å². The number of fused-ring (bicyclic) bond motifs is 7. The van der Waals surface area contributed by atoms with Gasteiger partial charge in [0.05, 0.1) is 0 Å². The van der Waals surface area contributed by atoms with Crippen molar-refractivity contribution >= 4 is 76.9 Å². The molecule has 0 nitrogen and oxygen atoms in total. The van der Waals surface area contributed by atoms with Crippen molar-refractivity contribution in [3.8, 4) is 44.5 Å². The van der Waals surface area contributed by atoms with Crippen molar-refractivity contribution in [3.05, 3.63) is 193 Å². The maximum atomic E-state index is 2.50. The molecule has 11 aromatic rings. The Labute approximate surface area is 364 Å². The third-order valence-electron chi connectivity index (χ3n) is 12.9. The summed E-state index contributed by atoms with van der Waals surface area (Å²) in [5, 5.41) is 13.1. The second-order valence-electron chi connectivity index (χ2n) is 18.9. The summed E-state index contributed by atoms with van der Waals surface area (Å²) >= 11 is 0.200. The molecule has 0 atom stereocenters. The first-order valence-corrected chi connectivity index (χ1v) is 23.3. The van der Waals surface area contributed by atoms with Crippen LogP contribution in [0.2, 0.25) is 0 Å². The molecule has 0 aliphatic carbocycles. The first-order valence-electron chi connectivity index (χ1n) is 21.6. The van der Waals surface area contributed by atoms with Crippen LogP contribution in [-0.4, -0.2) is 14.5 Å². The molecule has 0 radical (unpaired) electrons. The molecule has 1 heterocycles. The van der Waals surface area contributed by atoms with E-state index in [1.165, 1.54) is 118 Å². The topological polar surface area (TPSA) is 0 Å². The molecule has 0 bridgehead atoms. The van der Waals surface area contributed by atoms with Gasteiger partial charge in [-0.2, -0.15) is 0 Å². The first-order chi connectivity index (χ1) is 29.5. The zero-order chi connectivity index (χ0) is 41.6.